The first-order valence-corrected chi connectivity index (χ1v) is 10.6. The van der Waals surface area contributed by atoms with E-state index >= 15 is 0 Å². The van der Waals surface area contributed by atoms with Crippen molar-refractivity contribution < 1.29 is 14.0 Å². The molecule has 1 atom stereocenters. The Kier molecular flexibility index (Phi) is 8.45. The van der Waals surface area contributed by atoms with E-state index in [2.05, 4.69) is 0 Å². The van der Waals surface area contributed by atoms with Crippen LogP contribution in [0.2, 0.25) is 0 Å². The molecule has 0 saturated carbocycles. The summed E-state index contributed by atoms with van der Waals surface area (Å²) in [6.45, 7) is 6.83. The average molecular weight is 425 g/mol. The van der Waals surface area contributed by atoms with Crippen molar-refractivity contribution in [2.75, 3.05) is 13.1 Å². The minimum Gasteiger partial charge on any atom is -0.332 e. The highest BCUT2D eigenvalue weighted by Gasteiger charge is 2.24. The first-order valence-electron chi connectivity index (χ1n) is 9.29. The number of benzene rings is 1. The molecular weight excluding hydrogens is 399 g/mol. The summed E-state index contributed by atoms with van der Waals surface area (Å²) in [5, 5.41) is 1.32. The maximum atomic E-state index is 13.2. The fourth-order valence-electron chi connectivity index (χ4n) is 2.83. The lowest BCUT2D eigenvalue weighted by Gasteiger charge is -2.28. The Morgan fingerprint density at radius 2 is 1.82 bits per heavy atom. The Morgan fingerprint density at radius 1 is 1.14 bits per heavy atom. The number of rotatable bonds is 9. The number of thiophene rings is 1. The van der Waals surface area contributed by atoms with Crippen molar-refractivity contribution in [2.24, 2.45) is 0 Å². The topological polar surface area (TPSA) is 40.6 Å². The SMILES string of the molecule is CCCN(CC(=O)N(Cc1ccc(F)cc1)Cc1sccc1C)C(=O)[C@@H](C)Cl. The van der Waals surface area contributed by atoms with Gasteiger partial charge in [-0.2, -0.15) is 0 Å². The Labute approximate surface area is 174 Å². The van der Waals surface area contributed by atoms with Crippen molar-refractivity contribution in [1.29, 1.82) is 0 Å². The van der Waals surface area contributed by atoms with E-state index in [4.69, 9.17) is 11.6 Å². The fraction of sp³-hybridized carbons (Fsp3) is 0.429. The molecule has 0 N–H and O–H groups in total. The molecule has 28 heavy (non-hydrogen) atoms. The zero-order valence-electron chi connectivity index (χ0n) is 16.5. The van der Waals surface area contributed by atoms with Crippen molar-refractivity contribution in [3.63, 3.8) is 0 Å². The van der Waals surface area contributed by atoms with Gasteiger partial charge in [0.05, 0.1) is 13.1 Å². The molecule has 0 aliphatic carbocycles. The van der Waals surface area contributed by atoms with Gasteiger partial charge >= 0.3 is 0 Å². The standard InChI is InChI=1S/C21H26ClFN2O2S/c1-4-10-24(21(27)16(3)22)14-20(26)25(13-19-15(2)9-11-28-19)12-17-5-7-18(23)8-6-17/h5-9,11,16H,4,10,12-14H2,1-3H3/t16-/m1/s1. The predicted molar refractivity (Wildman–Crippen MR) is 112 cm³/mol. The lowest BCUT2D eigenvalue weighted by molar-refractivity contribution is -0.141. The van der Waals surface area contributed by atoms with Crippen molar-refractivity contribution >= 4 is 34.8 Å². The normalized spacial score (nSPS) is 11.9. The highest BCUT2D eigenvalue weighted by atomic mass is 35.5. The van der Waals surface area contributed by atoms with Crippen LogP contribution in [0.3, 0.4) is 0 Å². The van der Waals surface area contributed by atoms with E-state index in [0.717, 1.165) is 22.4 Å². The van der Waals surface area contributed by atoms with Crippen LogP contribution in [0, 0.1) is 12.7 Å². The molecule has 2 amide bonds. The summed E-state index contributed by atoms with van der Waals surface area (Å²) in [6, 6.07) is 8.13. The average Bonchev–Trinajstić information content (AvgIpc) is 3.06. The molecule has 0 saturated heterocycles. The van der Waals surface area contributed by atoms with Gasteiger partial charge in [-0.05, 0) is 55.0 Å². The van der Waals surface area contributed by atoms with Gasteiger partial charge in [-0.15, -0.1) is 22.9 Å². The minimum atomic E-state index is -0.676. The summed E-state index contributed by atoms with van der Waals surface area (Å²) in [5.41, 5.74) is 1.96. The summed E-state index contributed by atoms with van der Waals surface area (Å²) in [5.74, 6) is -0.714. The second-order valence-electron chi connectivity index (χ2n) is 6.78. The summed E-state index contributed by atoms with van der Waals surface area (Å²) in [4.78, 5) is 29.7. The lowest BCUT2D eigenvalue weighted by atomic mass is 10.2. The Balaban J connectivity index is 2.20. The number of halogens is 2. The van der Waals surface area contributed by atoms with Crippen LogP contribution in [0.25, 0.3) is 0 Å². The van der Waals surface area contributed by atoms with Crippen LogP contribution in [-0.4, -0.2) is 40.1 Å². The van der Waals surface area contributed by atoms with E-state index in [-0.39, 0.29) is 24.2 Å². The first kappa shape index (κ1) is 22.4. The molecule has 1 aromatic heterocycles. The molecule has 0 radical (unpaired) electrons. The van der Waals surface area contributed by atoms with E-state index in [1.165, 1.54) is 17.0 Å². The molecule has 0 fully saturated rings. The Bertz CT molecular complexity index is 792. The third kappa shape index (κ3) is 6.31. The Hall–Kier alpha value is -1.92. The fourth-order valence-corrected chi connectivity index (χ4v) is 3.89. The lowest BCUT2D eigenvalue weighted by Crippen LogP contribution is -2.44. The molecule has 0 spiro atoms. The van der Waals surface area contributed by atoms with Gasteiger partial charge in [0.15, 0.2) is 0 Å². The molecule has 0 aliphatic rings. The van der Waals surface area contributed by atoms with Gasteiger partial charge in [0.2, 0.25) is 11.8 Å². The number of aryl methyl sites for hydroxylation is 1. The number of amides is 2. The molecular formula is C21H26ClFN2O2S. The van der Waals surface area contributed by atoms with Crippen LogP contribution in [0.5, 0.6) is 0 Å². The van der Waals surface area contributed by atoms with Crippen LogP contribution in [0.1, 0.15) is 36.3 Å². The first-order chi connectivity index (χ1) is 13.3. The van der Waals surface area contributed by atoms with Gasteiger partial charge < -0.3 is 9.80 Å². The van der Waals surface area contributed by atoms with E-state index in [1.54, 1.807) is 35.3 Å². The number of hydrogen-bond donors (Lipinski definition) is 0. The molecule has 2 aromatic rings. The molecule has 2 rings (SSSR count). The van der Waals surface area contributed by atoms with E-state index in [9.17, 15) is 14.0 Å². The zero-order chi connectivity index (χ0) is 20.7. The summed E-state index contributed by atoms with van der Waals surface area (Å²) in [6.07, 6.45) is 0.741. The van der Waals surface area contributed by atoms with Crippen LogP contribution in [0.4, 0.5) is 4.39 Å². The quantitative estimate of drug-likeness (QED) is 0.552. The number of carbonyl (C=O) groups is 2. The largest absolute Gasteiger partial charge is 0.332 e. The van der Waals surface area contributed by atoms with E-state index < -0.39 is 5.38 Å². The van der Waals surface area contributed by atoms with Gasteiger partial charge in [0.25, 0.3) is 0 Å². The van der Waals surface area contributed by atoms with Crippen molar-refractivity contribution in [3.8, 4) is 0 Å². The molecule has 7 heteroatoms. The number of hydrogen-bond acceptors (Lipinski definition) is 3. The third-order valence-electron chi connectivity index (χ3n) is 4.41. The van der Waals surface area contributed by atoms with Gasteiger partial charge in [-0.25, -0.2) is 4.39 Å². The number of nitrogens with zero attached hydrogens (tertiary/aromatic N) is 2. The van der Waals surface area contributed by atoms with Gasteiger partial charge in [-0.1, -0.05) is 19.1 Å². The van der Waals surface area contributed by atoms with Gasteiger partial charge in [0.1, 0.15) is 11.2 Å². The second-order valence-corrected chi connectivity index (χ2v) is 8.43. The summed E-state index contributed by atoms with van der Waals surface area (Å²) < 4.78 is 13.2. The van der Waals surface area contributed by atoms with Gasteiger partial charge in [0, 0.05) is 18.0 Å². The van der Waals surface area contributed by atoms with Crippen molar-refractivity contribution in [1.82, 2.24) is 9.80 Å². The maximum Gasteiger partial charge on any atom is 0.242 e. The zero-order valence-corrected chi connectivity index (χ0v) is 18.0. The van der Waals surface area contributed by atoms with Crippen molar-refractivity contribution in [2.45, 2.75) is 45.7 Å². The van der Waals surface area contributed by atoms with E-state index in [1.807, 2.05) is 25.3 Å². The van der Waals surface area contributed by atoms with Crippen LogP contribution in [-0.2, 0) is 22.7 Å². The molecule has 0 bridgehead atoms. The minimum absolute atomic E-state index is 0.0185. The highest BCUT2D eigenvalue weighted by Crippen LogP contribution is 2.20. The van der Waals surface area contributed by atoms with Crippen LogP contribution >= 0.6 is 22.9 Å². The summed E-state index contributed by atoms with van der Waals surface area (Å²) >= 11 is 7.55. The number of alkyl halides is 1. The van der Waals surface area contributed by atoms with Crippen LogP contribution in [0.15, 0.2) is 35.7 Å². The third-order valence-corrected chi connectivity index (χ3v) is 5.61. The predicted octanol–water partition coefficient (Wildman–Crippen LogP) is 4.59. The molecule has 152 valence electrons. The number of carbonyl (C=O) groups excluding carboxylic acids is 2. The molecule has 0 aliphatic heterocycles. The molecule has 4 nitrogen and oxygen atoms in total. The molecule has 0 unspecified atom stereocenters. The smallest absolute Gasteiger partial charge is 0.242 e. The van der Waals surface area contributed by atoms with Crippen molar-refractivity contribution in [3.05, 3.63) is 57.5 Å². The molecule has 1 heterocycles. The van der Waals surface area contributed by atoms with Crippen LogP contribution < -0.4 is 0 Å². The Morgan fingerprint density at radius 3 is 2.36 bits per heavy atom. The second kappa shape index (κ2) is 10.6. The van der Waals surface area contributed by atoms with Gasteiger partial charge in [-0.3, -0.25) is 9.59 Å². The maximum absolute atomic E-state index is 13.2. The van der Waals surface area contributed by atoms with E-state index in [0.29, 0.717) is 19.6 Å². The summed E-state index contributed by atoms with van der Waals surface area (Å²) in [7, 11) is 0. The molecule has 1 aromatic carbocycles. The highest BCUT2D eigenvalue weighted by molar-refractivity contribution is 7.10. The monoisotopic (exact) mass is 424 g/mol.